The molecule has 3 aromatic rings. The molecule has 0 fully saturated rings. The summed E-state index contributed by atoms with van der Waals surface area (Å²) >= 11 is 1.95. The fourth-order valence-electron chi connectivity index (χ4n) is 3.24. The van der Waals surface area contributed by atoms with Crippen molar-refractivity contribution in [3.8, 4) is 23.0 Å². The Morgan fingerprint density at radius 2 is 1.74 bits per heavy atom. The molecule has 0 heterocycles. The second kappa shape index (κ2) is 13.5. The van der Waals surface area contributed by atoms with Crippen LogP contribution in [0.2, 0.25) is 0 Å². The van der Waals surface area contributed by atoms with Crippen LogP contribution in [0.25, 0.3) is 0 Å². The largest absolute Gasteiger partial charge is 0.493 e. The van der Waals surface area contributed by atoms with E-state index in [1.165, 1.54) is 25.5 Å². The van der Waals surface area contributed by atoms with Gasteiger partial charge in [0.1, 0.15) is 4.90 Å². The van der Waals surface area contributed by atoms with E-state index < -0.39 is 16.0 Å². The Kier molecular flexibility index (Phi) is 10.4. The normalized spacial score (nSPS) is 11.3. The molecule has 0 aliphatic rings. The van der Waals surface area contributed by atoms with Gasteiger partial charge in [0, 0.05) is 5.56 Å². The minimum atomic E-state index is -4.07. The highest BCUT2D eigenvalue weighted by Crippen LogP contribution is 2.36. The van der Waals surface area contributed by atoms with E-state index in [-0.39, 0.29) is 16.4 Å². The smallest absolute Gasteiger partial charge is 0.339 e. The van der Waals surface area contributed by atoms with Crippen molar-refractivity contribution in [2.24, 2.45) is 5.10 Å². The van der Waals surface area contributed by atoms with Gasteiger partial charge in [-0.05, 0) is 90.9 Å². The maximum atomic E-state index is 12.8. The van der Waals surface area contributed by atoms with Crippen LogP contribution in [0.3, 0.4) is 0 Å². The second-order valence-electron chi connectivity index (χ2n) is 8.03. The molecule has 1 amide bonds. The van der Waals surface area contributed by atoms with Crippen molar-refractivity contribution in [1.29, 1.82) is 0 Å². The van der Waals surface area contributed by atoms with Gasteiger partial charge in [-0.2, -0.15) is 13.5 Å². The van der Waals surface area contributed by atoms with Gasteiger partial charge in [0.05, 0.1) is 30.1 Å². The van der Waals surface area contributed by atoms with E-state index in [9.17, 15) is 13.2 Å². The summed E-state index contributed by atoms with van der Waals surface area (Å²) in [5.74, 6) is 0.873. The number of nitrogens with zero attached hydrogens (tertiary/aromatic N) is 1. The molecule has 0 atom stereocenters. The number of halogens is 1. The molecule has 3 rings (SSSR count). The van der Waals surface area contributed by atoms with Crippen LogP contribution in [0.1, 0.15) is 41.8 Å². The first-order valence-electron chi connectivity index (χ1n) is 11.8. The van der Waals surface area contributed by atoms with Crippen molar-refractivity contribution in [3.63, 3.8) is 0 Å². The molecule has 0 saturated carbocycles. The lowest BCUT2D eigenvalue weighted by molar-refractivity contribution is 0.0954. The quantitative estimate of drug-likeness (QED) is 0.122. The Bertz CT molecular complexity index is 1410. The SMILES string of the molecule is CCCOc1ccc(C(=O)N/N=C/c2cc(I)c(OS(=O)(=O)c3ccc(C)cc3)c(OC)c2)cc1OCC. The molecule has 0 aliphatic carbocycles. The molecule has 202 valence electrons. The number of benzene rings is 3. The van der Waals surface area contributed by atoms with E-state index in [0.29, 0.717) is 39.4 Å². The number of methoxy groups -OCH3 is 1. The number of amides is 1. The van der Waals surface area contributed by atoms with Crippen LogP contribution >= 0.6 is 22.6 Å². The van der Waals surface area contributed by atoms with Gasteiger partial charge in [0.25, 0.3) is 5.91 Å². The number of rotatable bonds is 12. The highest BCUT2D eigenvalue weighted by molar-refractivity contribution is 14.1. The van der Waals surface area contributed by atoms with E-state index >= 15 is 0 Å². The number of hydrogen-bond donors (Lipinski definition) is 1. The molecule has 0 aromatic heterocycles. The van der Waals surface area contributed by atoms with Crippen LogP contribution in [-0.4, -0.2) is 40.9 Å². The van der Waals surface area contributed by atoms with Crippen molar-refractivity contribution < 1.29 is 31.6 Å². The maximum Gasteiger partial charge on any atom is 0.339 e. The summed E-state index contributed by atoms with van der Waals surface area (Å²) in [5.41, 5.74) is 4.32. The van der Waals surface area contributed by atoms with Crippen molar-refractivity contribution >= 4 is 44.8 Å². The molecule has 0 aliphatic heterocycles. The third-order valence-corrected chi connectivity index (χ3v) is 7.14. The van der Waals surface area contributed by atoms with Crippen LogP contribution in [0.4, 0.5) is 0 Å². The van der Waals surface area contributed by atoms with Crippen LogP contribution in [-0.2, 0) is 10.1 Å². The standard InChI is InChI=1S/C27H29IN2O7S/c1-5-13-36-23-12-9-20(16-24(23)35-6-2)27(31)30-29-17-19-14-22(28)26(25(15-19)34-4)37-38(32,33)21-10-7-18(3)8-11-21/h7-12,14-17H,5-6,13H2,1-4H3,(H,30,31)/b29-17+. The molecule has 38 heavy (non-hydrogen) atoms. The maximum absolute atomic E-state index is 12.8. The minimum absolute atomic E-state index is 0.0340. The van der Waals surface area contributed by atoms with Crippen LogP contribution in [0.15, 0.2) is 64.6 Å². The number of nitrogens with one attached hydrogen (secondary N) is 1. The Labute approximate surface area is 236 Å². The molecule has 0 saturated heterocycles. The fraction of sp³-hybridized carbons (Fsp3) is 0.259. The first-order chi connectivity index (χ1) is 18.2. The summed E-state index contributed by atoms with van der Waals surface area (Å²) < 4.78 is 48.1. The van der Waals surface area contributed by atoms with Crippen LogP contribution < -0.4 is 23.8 Å². The van der Waals surface area contributed by atoms with Crippen molar-refractivity contribution in [1.82, 2.24) is 5.43 Å². The molecule has 0 radical (unpaired) electrons. The lowest BCUT2D eigenvalue weighted by Gasteiger charge is -2.13. The molecule has 3 aromatic carbocycles. The Morgan fingerprint density at radius 1 is 1.00 bits per heavy atom. The van der Waals surface area contributed by atoms with Gasteiger partial charge in [-0.1, -0.05) is 24.6 Å². The Hall–Kier alpha value is -3.32. The zero-order valence-electron chi connectivity index (χ0n) is 21.5. The number of carbonyl (C=O) groups excluding carboxylic acids is 1. The van der Waals surface area contributed by atoms with E-state index in [1.807, 2.05) is 43.4 Å². The second-order valence-corrected chi connectivity index (χ2v) is 10.7. The molecule has 11 heteroatoms. The zero-order chi connectivity index (χ0) is 27.7. The van der Waals surface area contributed by atoms with Crippen molar-refractivity contribution in [2.45, 2.75) is 32.1 Å². The molecule has 9 nitrogen and oxygen atoms in total. The van der Waals surface area contributed by atoms with Gasteiger partial charge in [-0.3, -0.25) is 4.79 Å². The van der Waals surface area contributed by atoms with Gasteiger partial charge in [-0.25, -0.2) is 5.43 Å². The summed E-state index contributed by atoms with van der Waals surface area (Å²) in [6.45, 7) is 6.69. The van der Waals surface area contributed by atoms with Gasteiger partial charge in [-0.15, -0.1) is 0 Å². The lowest BCUT2D eigenvalue weighted by atomic mass is 10.2. The predicted octanol–water partition coefficient (Wildman–Crippen LogP) is 5.33. The molecule has 1 N–H and O–H groups in total. The molecule has 0 unspecified atom stereocenters. The number of hydrogen-bond acceptors (Lipinski definition) is 8. The summed E-state index contributed by atoms with van der Waals surface area (Å²) in [5, 5.41) is 4.03. The van der Waals surface area contributed by atoms with Crippen molar-refractivity contribution in [3.05, 3.63) is 74.9 Å². The van der Waals surface area contributed by atoms with Crippen LogP contribution in [0.5, 0.6) is 23.0 Å². The van der Waals surface area contributed by atoms with E-state index in [4.69, 9.17) is 18.4 Å². The third-order valence-electron chi connectivity index (χ3n) is 5.10. The average molecular weight is 653 g/mol. The first kappa shape index (κ1) is 29.2. The average Bonchev–Trinajstić information content (AvgIpc) is 2.89. The minimum Gasteiger partial charge on any atom is -0.493 e. The van der Waals surface area contributed by atoms with E-state index in [2.05, 4.69) is 10.5 Å². The number of hydrazone groups is 1. The highest BCUT2D eigenvalue weighted by atomic mass is 127. The van der Waals surface area contributed by atoms with Gasteiger partial charge in [0.15, 0.2) is 23.0 Å². The predicted molar refractivity (Wildman–Crippen MR) is 153 cm³/mol. The van der Waals surface area contributed by atoms with Crippen molar-refractivity contribution in [2.75, 3.05) is 20.3 Å². The molecule has 0 bridgehead atoms. The van der Waals surface area contributed by atoms with Crippen LogP contribution in [0, 0.1) is 10.5 Å². The number of carbonyl (C=O) groups is 1. The topological polar surface area (TPSA) is 113 Å². The van der Waals surface area contributed by atoms with Gasteiger partial charge in [0.2, 0.25) is 0 Å². The Morgan fingerprint density at radius 3 is 2.39 bits per heavy atom. The number of ether oxygens (including phenoxy) is 3. The number of aryl methyl sites for hydroxylation is 1. The van der Waals surface area contributed by atoms with Gasteiger partial charge >= 0.3 is 10.1 Å². The van der Waals surface area contributed by atoms with Gasteiger partial charge < -0.3 is 18.4 Å². The Balaban J connectivity index is 1.75. The lowest BCUT2D eigenvalue weighted by Crippen LogP contribution is -2.18. The third kappa shape index (κ3) is 7.60. The summed E-state index contributed by atoms with van der Waals surface area (Å²) in [7, 11) is -2.66. The zero-order valence-corrected chi connectivity index (χ0v) is 24.5. The highest BCUT2D eigenvalue weighted by Gasteiger charge is 2.22. The summed E-state index contributed by atoms with van der Waals surface area (Å²) in [6, 6.07) is 14.5. The van der Waals surface area contributed by atoms with E-state index in [1.54, 1.807) is 42.5 Å². The van der Waals surface area contributed by atoms with E-state index in [0.717, 1.165) is 12.0 Å². The fourth-order valence-corrected chi connectivity index (χ4v) is 5.08. The molecular formula is C27H29IN2O7S. The first-order valence-corrected chi connectivity index (χ1v) is 14.3. The molecular weight excluding hydrogens is 623 g/mol. The summed E-state index contributed by atoms with van der Waals surface area (Å²) in [6.07, 6.45) is 2.27. The molecule has 0 spiro atoms. The monoisotopic (exact) mass is 652 g/mol. The summed E-state index contributed by atoms with van der Waals surface area (Å²) in [4.78, 5) is 12.7.